The average molecular weight is 600 g/mol. The first kappa shape index (κ1) is 29.5. The van der Waals surface area contributed by atoms with Crippen LogP contribution in [0.4, 0.5) is 34.8 Å². The van der Waals surface area contributed by atoms with Crippen molar-refractivity contribution in [1.82, 2.24) is 9.97 Å². The molecule has 5 rings (SSSR count). The first-order valence-electron chi connectivity index (χ1n) is 13.6. The number of aromatic nitrogens is 2. The van der Waals surface area contributed by atoms with Crippen molar-refractivity contribution in [3.63, 3.8) is 0 Å². The summed E-state index contributed by atoms with van der Waals surface area (Å²) in [7, 11) is -3.85. The zero-order valence-corrected chi connectivity index (χ0v) is 23.4. The number of amides is 1. The number of aliphatic hydroxyl groups excluding tert-OH is 1. The number of sulfonamides is 1. The second kappa shape index (κ2) is 11.0. The standard InChI is InChI=1S/C27H33F4N5O4S/c1-16-12-22(33-23(32-16)17-4-6-27(30,31)7-5-17)34-24(38)20-3-2-19(35-41(39,40)11-10-37)13-21(20)36-9-8-26(25(28)29)14-18(26)15-36/h2-3,12-13,17-18,25,35,37H,4-11,14-15H2,1H3,(H,32,33,34,38)/t18-,26+/m0/s1. The number of nitrogens with one attached hydrogen (secondary N) is 2. The van der Waals surface area contributed by atoms with Crippen molar-refractivity contribution >= 4 is 33.1 Å². The molecule has 2 heterocycles. The molecule has 9 nitrogen and oxygen atoms in total. The number of fused-ring (bicyclic) bond motifs is 1. The summed E-state index contributed by atoms with van der Waals surface area (Å²) in [6.07, 6.45) is -1.83. The highest BCUT2D eigenvalue weighted by Crippen LogP contribution is 2.61. The molecule has 1 saturated heterocycles. The van der Waals surface area contributed by atoms with E-state index in [2.05, 4.69) is 20.0 Å². The molecule has 2 saturated carbocycles. The minimum Gasteiger partial charge on any atom is -0.395 e. The Hall–Kier alpha value is -3.00. The molecule has 41 heavy (non-hydrogen) atoms. The van der Waals surface area contributed by atoms with Gasteiger partial charge in [-0.15, -0.1) is 0 Å². The third-order valence-corrected chi connectivity index (χ3v) is 9.68. The lowest BCUT2D eigenvalue weighted by molar-refractivity contribution is -0.0387. The Morgan fingerprint density at radius 3 is 2.56 bits per heavy atom. The maximum Gasteiger partial charge on any atom is 0.258 e. The quantitative estimate of drug-likeness (QED) is 0.362. The summed E-state index contributed by atoms with van der Waals surface area (Å²) in [5.74, 6) is -3.67. The van der Waals surface area contributed by atoms with Crippen LogP contribution in [0.2, 0.25) is 0 Å². The Bertz CT molecular complexity index is 1420. The van der Waals surface area contributed by atoms with Crippen LogP contribution in [0.5, 0.6) is 0 Å². The van der Waals surface area contributed by atoms with Crippen LogP contribution in [0.3, 0.4) is 0 Å². The Morgan fingerprint density at radius 1 is 1.17 bits per heavy atom. The molecule has 2 atom stereocenters. The number of aryl methyl sites for hydroxylation is 1. The number of benzene rings is 1. The van der Waals surface area contributed by atoms with E-state index in [4.69, 9.17) is 5.11 Å². The molecule has 3 aliphatic rings. The zero-order chi connectivity index (χ0) is 29.6. The molecular formula is C27H33F4N5O4S. The first-order chi connectivity index (χ1) is 19.3. The number of rotatable bonds is 9. The van der Waals surface area contributed by atoms with Gasteiger partial charge in [-0.1, -0.05) is 0 Å². The predicted octanol–water partition coefficient (Wildman–Crippen LogP) is 4.55. The van der Waals surface area contributed by atoms with E-state index in [1.807, 2.05) is 4.90 Å². The van der Waals surface area contributed by atoms with Crippen LogP contribution in [0.25, 0.3) is 0 Å². The van der Waals surface area contributed by atoms with Crippen molar-refractivity contribution in [3.8, 4) is 0 Å². The van der Waals surface area contributed by atoms with Crippen LogP contribution in [0.1, 0.15) is 66.3 Å². The lowest BCUT2D eigenvalue weighted by Gasteiger charge is -2.34. The summed E-state index contributed by atoms with van der Waals surface area (Å²) >= 11 is 0. The zero-order valence-electron chi connectivity index (χ0n) is 22.5. The molecule has 0 spiro atoms. The molecule has 14 heteroatoms. The van der Waals surface area contributed by atoms with Crippen molar-refractivity contribution in [2.75, 3.05) is 40.4 Å². The molecule has 3 N–H and O–H groups in total. The van der Waals surface area contributed by atoms with Crippen molar-refractivity contribution in [2.24, 2.45) is 11.3 Å². The summed E-state index contributed by atoms with van der Waals surface area (Å²) in [4.78, 5) is 24.2. The van der Waals surface area contributed by atoms with E-state index in [9.17, 15) is 30.8 Å². The highest BCUT2D eigenvalue weighted by atomic mass is 32.2. The first-order valence-corrected chi connectivity index (χ1v) is 15.3. The monoisotopic (exact) mass is 599 g/mol. The summed E-state index contributed by atoms with van der Waals surface area (Å²) in [6.45, 7) is 1.70. The van der Waals surface area contributed by atoms with Crippen molar-refractivity contribution < 1.29 is 35.9 Å². The number of alkyl halides is 4. The van der Waals surface area contributed by atoms with Gasteiger partial charge in [-0.05, 0) is 56.7 Å². The summed E-state index contributed by atoms with van der Waals surface area (Å²) in [6, 6.07) is 5.91. The maximum absolute atomic E-state index is 13.7. The highest BCUT2D eigenvalue weighted by Gasteiger charge is 2.62. The lowest BCUT2D eigenvalue weighted by Crippen LogP contribution is -2.38. The average Bonchev–Trinajstić information content (AvgIpc) is 3.63. The summed E-state index contributed by atoms with van der Waals surface area (Å²) in [5.41, 5.74) is 0.291. The molecule has 0 radical (unpaired) electrons. The maximum atomic E-state index is 13.7. The number of halogens is 4. The Labute approximate surface area is 235 Å². The van der Waals surface area contributed by atoms with Crippen molar-refractivity contribution in [2.45, 2.75) is 63.7 Å². The van der Waals surface area contributed by atoms with Crippen molar-refractivity contribution in [1.29, 1.82) is 0 Å². The minimum atomic E-state index is -3.85. The van der Waals surface area contributed by atoms with Gasteiger partial charge in [-0.2, -0.15) is 0 Å². The Morgan fingerprint density at radius 2 is 1.90 bits per heavy atom. The number of hydrogen-bond donors (Lipinski definition) is 3. The Kier molecular flexibility index (Phi) is 7.92. The van der Waals surface area contributed by atoms with Crippen molar-refractivity contribution in [3.05, 3.63) is 41.3 Å². The van der Waals surface area contributed by atoms with Gasteiger partial charge in [-0.25, -0.2) is 35.9 Å². The molecular weight excluding hydrogens is 566 g/mol. The third-order valence-electron chi connectivity index (χ3n) is 8.41. The van der Waals surface area contributed by atoms with E-state index in [0.29, 0.717) is 30.2 Å². The van der Waals surface area contributed by atoms with Gasteiger partial charge in [0.15, 0.2) is 0 Å². The molecule has 0 bridgehead atoms. The van der Waals surface area contributed by atoms with Crippen LogP contribution < -0.4 is 14.9 Å². The van der Waals surface area contributed by atoms with Gasteiger partial charge in [-0.3, -0.25) is 9.52 Å². The number of carbonyl (C=O) groups excluding carboxylic acids is 1. The SMILES string of the molecule is Cc1cc(NC(=O)c2ccc(NS(=O)(=O)CCO)cc2N2CC[C@@]3(C(F)F)C[C@H]3C2)nc(C2CCC(F)(F)CC2)n1. The number of aliphatic hydroxyl groups is 1. The van der Waals surface area contributed by atoms with Gasteiger partial charge < -0.3 is 15.3 Å². The molecule has 1 aromatic carbocycles. The van der Waals surface area contributed by atoms with Gasteiger partial charge in [0.05, 0.1) is 29.3 Å². The summed E-state index contributed by atoms with van der Waals surface area (Å²) < 4.78 is 81.5. The van der Waals surface area contributed by atoms with E-state index < -0.39 is 46.1 Å². The number of nitrogens with zero attached hydrogens (tertiary/aromatic N) is 3. The number of anilines is 3. The van der Waals surface area contributed by atoms with Crippen LogP contribution in [-0.2, 0) is 10.0 Å². The fraction of sp³-hybridized carbons (Fsp3) is 0.593. The number of hydrogen-bond acceptors (Lipinski definition) is 7. The van der Waals surface area contributed by atoms with E-state index in [1.54, 1.807) is 13.0 Å². The molecule has 1 amide bonds. The Balaban J connectivity index is 1.40. The molecule has 1 aromatic heterocycles. The summed E-state index contributed by atoms with van der Waals surface area (Å²) in [5, 5.41) is 11.8. The van der Waals surface area contributed by atoms with Crippen LogP contribution in [-0.4, -0.2) is 67.2 Å². The highest BCUT2D eigenvalue weighted by molar-refractivity contribution is 7.92. The van der Waals surface area contributed by atoms with E-state index in [-0.39, 0.29) is 67.6 Å². The van der Waals surface area contributed by atoms with Gasteiger partial charge in [0, 0.05) is 49.0 Å². The van der Waals surface area contributed by atoms with Gasteiger partial charge >= 0.3 is 0 Å². The van der Waals surface area contributed by atoms with E-state index >= 15 is 0 Å². The van der Waals surface area contributed by atoms with Crippen LogP contribution >= 0.6 is 0 Å². The van der Waals surface area contributed by atoms with Gasteiger partial charge in [0.1, 0.15) is 11.6 Å². The molecule has 3 fully saturated rings. The van der Waals surface area contributed by atoms with Gasteiger partial charge in [0.2, 0.25) is 22.4 Å². The molecule has 2 aromatic rings. The normalized spacial score (nSPS) is 24.2. The topological polar surface area (TPSA) is 125 Å². The number of piperidine rings is 1. The van der Waals surface area contributed by atoms with E-state index in [0.717, 1.165) is 0 Å². The van der Waals surface area contributed by atoms with E-state index in [1.165, 1.54) is 18.2 Å². The fourth-order valence-corrected chi connectivity index (χ4v) is 6.80. The lowest BCUT2D eigenvalue weighted by atomic mass is 9.86. The molecule has 2 aliphatic carbocycles. The minimum absolute atomic E-state index is 0.167. The van der Waals surface area contributed by atoms with Crippen LogP contribution in [0, 0.1) is 18.3 Å². The third kappa shape index (κ3) is 6.42. The fourth-order valence-electron chi connectivity index (χ4n) is 5.97. The van der Waals surface area contributed by atoms with Gasteiger partial charge in [0.25, 0.3) is 5.91 Å². The molecule has 0 unspecified atom stereocenters. The second-order valence-corrected chi connectivity index (χ2v) is 13.2. The predicted molar refractivity (Wildman–Crippen MR) is 145 cm³/mol. The second-order valence-electron chi connectivity index (χ2n) is 11.3. The largest absolute Gasteiger partial charge is 0.395 e. The van der Waals surface area contributed by atoms with Crippen LogP contribution in [0.15, 0.2) is 24.3 Å². The molecule has 224 valence electrons. The smallest absolute Gasteiger partial charge is 0.258 e. The molecule has 1 aliphatic heterocycles. The number of carbonyl (C=O) groups is 1.